The van der Waals surface area contributed by atoms with Crippen LogP contribution in [0.3, 0.4) is 0 Å². The molecule has 2 aromatic rings. The smallest absolute Gasteiger partial charge is 0.379 e. The third-order valence-electron chi connectivity index (χ3n) is 2.70. The first-order chi connectivity index (χ1) is 8.56. The lowest BCUT2D eigenvalue weighted by Crippen LogP contribution is -2.17. The molecule has 0 atom stereocenters. The number of carbonyl (C=O) groups excluding carboxylic acids is 2. The maximum absolute atomic E-state index is 12.0. The average Bonchev–Trinajstić information content (AvgIpc) is 2.79. The van der Waals surface area contributed by atoms with Crippen LogP contribution in [-0.2, 0) is 9.53 Å². The highest BCUT2D eigenvalue weighted by Crippen LogP contribution is 2.29. The summed E-state index contributed by atoms with van der Waals surface area (Å²) < 4.78 is 5.59. The Kier molecular flexibility index (Phi) is 3.52. The molecule has 0 spiro atoms. The van der Waals surface area contributed by atoms with E-state index in [9.17, 15) is 9.59 Å². The van der Waals surface area contributed by atoms with Gasteiger partial charge in [-0.15, -0.1) is 0 Å². The normalized spacial score (nSPS) is 10.6. The predicted octanol–water partition coefficient (Wildman–Crippen LogP) is 2.98. The molecule has 0 saturated carbocycles. The minimum atomic E-state index is -0.822. The second-order valence-electron chi connectivity index (χ2n) is 3.87. The van der Waals surface area contributed by atoms with E-state index >= 15 is 0 Å². The molecule has 5 heteroatoms. The zero-order valence-corrected chi connectivity index (χ0v) is 11.6. The van der Waals surface area contributed by atoms with Crippen LogP contribution in [0.2, 0.25) is 0 Å². The van der Waals surface area contributed by atoms with E-state index in [1.54, 1.807) is 13.1 Å². The van der Waals surface area contributed by atoms with Gasteiger partial charge in [-0.3, -0.25) is 4.79 Å². The van der Waals surface area contributed by atoms with Crippen LogP contribution in [0.4, 0.5) is 0 Å². The fraction of sp³-hybridized carbons (Fsp3) is 0.231. The van der Waals surface area contributed by atoms with E-state index in [0.29, 0.717) is 5.56 Å². The Morgan fingerprint density at radius 3 is 2.78 bits per heavy atom. The molecule has 0 aliphatic rings. The summed E-state index contributed by atoms with van der Waals surface area (Å²) in [5.74, 6) is -1.44. The first-order valence-electron chi connectivity index (χ1n) is 5.54. The molecule has 1 aromatic heterocycles. The number of ketones is 1. The number of nitrogens with one attached hydrogen (secondary N) is 1. The summed E-state index contributed by atoms with van der Waals surface area (Å²) in [6, 6.07) is 3.79. The number of halogens is 1. The number of ether oxygens (including phenoxy) is 1. The number of aryl methyl sites for hydroxylation is 1. The maximum Gasteiger partial charge on any atom is 0.379 e. The molecule has 0 aliphatic carbocycles. The van der Waals surface area contributed by atoms with E-state index in [0.717, 1.165) is 20.9 Å². The van der Waals surface area contributed by atoms with Gasteiger partial charge in [0.1, 0.15) is 0 Å². The summed E-state index contributed by atoms with van der Waals surface area (Å²) in [7, 11) is 0. The van der Waals surface area contributed by atoms with E-state index in [1.807, 2.05) is 19.1 Å². The third-order valence-corrected chi connectivity index (χ3v) is 3.36. The van der Waals surface area contributed by atoms with Gasteiger partial charge < -0.3 is 9.72 Å². The number of aromatic nitrogens is 1. The molecule has 0 bridgehead atoms. The van der Waals surface area contributed by atoms with Crippen molar-refractivity contribution in [3.05, 3.63) is 33.9 Å². The molecular formula is C13H12BrNO3. The minimum absolute atomic E-state index is 0.190. The van der Waals surface area contributed by atoms with Crippen LogP contribution < -0.4 is 0 Å². The number of fused-ring (bicyclic) bond motifs is 1. The molecule has 18 heavy (non-hydrogen) atoms. The summed E-state index contributed by atoms with van der Waals surface area (Å²) in [6.45, 7) is 3.75. The van der Waals surface area contributed by atoms with Crippen LogP contribution in [0, 0.1) is 6.92 Å². The number of carbonyl (C=O) groups is 2. The summed E-state index contributed by atoms with van der Waals surface area (Å²) in [5.41, 5.74) is 2.09. The molecule has 0 fully saturated rings. The number of rotatable bonds is 3. The fourth-order valence-corrected chi connectivity index (χ4v) is 2.32. The van der Waals surface area contributed by atoms with Crippen LogP contribution in [0.1, 0.15) is 22.8 Å². The van der Waals surface area contributed by atoms with Crippen molar-refractivity contribution in [1.82, 2.24) is 4.98 Å². The van der Waals surface area contributed by atoms with Gasteiger partial charge in [-0.25, -0.2) is 4.79 Å². The van der Waals surface area contributed by atoms with Gasteiger partial charge >= 0.3 is 5.97 Å². The van der Waals surface area contributed by atoms with Gasteiger partial charge in [0, 0.05) is 16.1 Å². The number of aromatic amines is 1. The van der Waals surface area contributed by atoms with Crippen molar-refractivity contribution in [3.8, 4) is 0 Å². The van der Waals surface area contributed by atoms with Crippen LogP contribution in [0.25, 0.3) is 10.9 Å². The Hall–Kier alpha value is -1.62. The minimum Gasteiger partial charge on any atom is -0.460 e. The molecule has 0 aliphatic heterocycles. The van der Waals surface area contributed by atoms with Crippen molar-refractivity contribution < 1.29 is 14.3 Å². The summed E-state index contributed by atoms with van der Waals surface area (Å²) in [5, 5.41) is 0.752. The topological polar surface area (TPSA) is 59.2 Å². The van der Waals surface area contributed by atoms with Crippen molar-refractivity contribution >= 4 is 38.6 Å². The largest absolute Gasteiger partial charge is 0.460 e. The second-order valence-corrected chi connectivity index (χ2v) is 4.72. The number of hydrogen-bond acceptors (Lipinski definition) is 3. The monoisotopic (exact) mass is 309 g/mol. The highest BCUT2D eigenvalue weighted by Gasteiger charge is 2.22. The SMILES string of the molecule is CCOC(=O)C(=O)c1c[nH]c2c(Br)ccc(C)c12. The summed E-state index contributed by atoms with van der Waals surface area (Å²) >= 11 is 3.40. The molecule has 1 heterocycles. The number of Topliss-reactive ketones (excluding diaryl/α,β-unsaturated/α-hetero) is 1. The molecule has 0 saturated heterocycles. The van der Waals surface area contributed by atoms with Gasteiger partial charge in [0.05, 0.1) is 17.7 Å². The first kappa shape index (κ1) is 12.8. The molecule has 1 N–H and O–H groups in total. The fourth-order valence-electron chi connectivity index (χ4n) is 1.87. The zero-order chi connectivity index (χ0) is 13.3. The molecule has 94 valence electrons. The highest BCUT2D eigenvalue weighted by atomic mass is 79.9. The second kappa shape index (κ2) is 4.94. The van der Waals surface area contributed by atoms with Gasteiger partial charge in [-0.05, 0) is 41.4 Å². The van der Waals surface area contributed by atoms with Gasteiger partial charge in [0.2, 0.25) is 0 Å². The van der Waals surface area contributed by atoms with Crippen molar-refractivity contribution in [2.75, 3.05) is 6.61 Å². The summed E-state index contributed by atoms with van der Waals surface area (Å²) in [6.07, 6.45) is 1.54. The average molecular weight is 310 g/mol. The highest BCUT2D eigenvalue weighted by molar-refractivity contribution is 9.10. The molecule has 0 amide bonds. The van der Waals surface area contributed by atoms with Crippen LogP contribution in [0.15, 0.2) is 22.8 Å². The van der Waals surface area contributed by atoms with E-state index < -0.39 is 11.8 Å². The molecule has 0 radical (unpaired) electrons. The Balaban J connectivity index is 2.56. The van der Waals surface area contributed by atoms with Crippen molar-refractivity contribution in [1.29, 1.82) is 0 Å². The van der Waals surface area contributed by atoms with E-state index in [-0.39, 0.29) is 6.61 Å². The van der Waals surface area contributed by atoms with Crippen LogP contribution in [0.5, 0.6) is 0 Å². The lowest BCUT2D eigenvalue weighted by atomic mass is 10.0. The quantitative estimate of drug-likeness (QED) is 0.538. The lowest BCUT2D eigenvalue weighted by Gasteiger charge is -2.02. The number of hydrogen-bond donors (Lipinski definition) is 1. The molecule has 0 unspecified atom stereocenters. The van der Waals surface area contributed by atoms with Crippen molar-refractivity contribution in [2.45, 2.75) is 13.8 Å². The maximum atomic E-state index is 12.0. The molecule has 1 aromatic carbocycles. The van der Waals surface area contributed by atoms with Gasteiger partial charge in [-0.2, -0.15) is 0 Å². The van der Waals surface area contributed by atoms with E-state index in [2.05, 4.69) is 20.9 Å². The summed E-state index contributed by atoms with van der Waals surface area (Å²) in [4.78, 5) is 26.4. The zero-order valence-electron chi connectivity index (χ0n) is 10.0. The Morgan fingerprint density at radius 2 is 2.11 bits per heavy atom. The standard InChI is InChI=1S/C13H12BrNO3/c1-3-18-13(17)12(16)8-6-15-11-9(14)5-4-7(2)10(8)11/h4-6,15H,3H2,1-2H3. The van der Waals surface area contributed by atoms with Gasteiger partial charge in [-0.1, -0.05) is 6.07 Å². The Bertz CT molecular complexity index is 630. The van der Waals surface area contributed by atoms with Crippen LogP contribution in [-0.4, -0.2) is 23.3 Å². The lowest BCUT2D eigenvalue weighted by molar-refractivity contribution is -0.137. The van der Waals surface area contributed by atoms with E-state index in [1.165, 1.54) is 0 Å². The van der Waals surface area contributed by atoms with Crippen molar-refractivity contribution in [2.24, 2.45) is 0 Å². The first-order valence-corrected chi connectivity index (χ1v) is 6.33. The predicted molar refractivity (Wildman–Crippen MR) is 71.7 cm³/mol. The van der Waals surface area contributed by atoms with Crippen LogP contribution >= 0.6 is 15.9 Å². The Morgan fingerprint density at radius 1 is 1.39 bits per heavy atom. The van der Waals surface area contributed by atoms with E-state index in [4.69, 9.17) is 4.74 Å². The number of H-pyrrole nitrogens is 1. The Labute approximate surface area is 112 Å². The third kappa shape index (κ3) is 2.06. The molecular weight excluding hydrogens is 298 g/mol. The van der Waals surface area contributed by atoms with Gasteiger partial charge in [0.25, 0.3) is 5.78 Å². The molecule has 2 rings (SSSR count). The number of esters is 1. The van der Waals surface area contributed by atoms with Gasteiger partial charge in [0.15, 0.2) is 0 Å². The number of benzene rings is 1. The van der Waals surface area contributed by atoms with Crippen molar-refractivity contribution in [3.63, 3.8) is 0 Å². The molecule has 4 nitrogen and oxygen atoms in total.